The van der Waals surface area contributed by atoms with Crippen molar-refractivity contribution in [1.29, 1.82) is 0 Å². The topological polar surface area (TPSA) is 79.1 Å². The van der Waals surface area contributed by atoms with Gasteiger partial charge in [0.25, 0.3) is 5.56 Å². The van der Waals surface area contributed by atoms with Crippen molar-refractivity contribution in [3.8, 4) is 11.5 Å². The van der Waals surface area contributed by atoms with Crippen LogP contribution in [0.1, 0.15) is 37.9 Å². The molecule has 35 heavy (non-hydrogen) atoms. The largest absolute Gasteiger partial charge is 0.496 e. The van der Waals surface area contributed by atoms with Gasteiger partial charge in [-0.15, -0.1) is 0 Å². The van der Waals surface area contributed by atoms with Gasteiger partial charge < -0.3 is 14.2 Å². The molecule has 0 saturated carbocycles. The third-order valence-corrected chi connectivity index (χ3v) is 6.70. The molecular weight excluding hydrogens is 488 g/mol. The Morgan fingerprint density at radius 3 is 2.60 bits per heavy atom. The van der Waals surface area contributed by atoms with E-state index < -0.39 is 12.0 Å². The van der Waals surface area contributed by atoms with Gasteiger partial charge in [0.15, 0.2) is 4.80 Å². The van der Waals surface area contributed by atoms with E-state index in [0.29, 0.717) is 37.1 Å². The molecule has 1 aliphatic rings. The summed E-state index contributed by atoms with van der Waals surface area (Å²) in [6, 6.07) is 11.8. The van der Waals surface area contributed by atoms with Crippen LogP contribution < -0.4 is 24.4 Å². The number of hydrogen-bond donors (Lipinski definition) is 0. The van der Waals surface area contributed by atoms with Gasteiger partial charge in [-0.1, -0.05) is 41.1 Å². The van der Waals surface area contributed by atoms with Crippen molar-refractivity contribution in [3.05, 3.63) is 89.6 Å². The van der Waals surface area contributed by atoms with Crippen LogP contribution in [0.3, 0.4) is 0 Å². The molecule has 7 nitrogen and oxygen atoms in total. The Kier molecular flexibility index (Phi) is 7.14. The molecule has 4 rings (SSSR count). The molecule has 0 N–H and O–H groups in total. The molecule has 2 aromatic carbocycles. The minimum absolute atomic E-state index is 0.0219. The van der Waals surface area contributed by atoms with Crippen LogP contribution in [0.15, 0.2) is 63.5 Å². The lowest BCUT2D eigenvalue weighted by atomic mass is 9.95. The fourth-order valence-electron chi connectivity index (χ4n) is 4.01. The zero-order valence-electron chi connectivity index (χ0n) is 20.0. The highest BCUT2D eigenvalue weighted by Crippen LogP contribution is 2.37. The molecule has 0 unspecified atom stereocenters. The zero-order chi connectivity index (χ0) is 25.3. The average molecular weight is 513 g/mol. The normalized spacial score (nSPS) is 15.6. The first kappa shape index (κ1) is 24.8. The Balaban J connectivity index is 2.00. The van der Waals surface area contributed by atoms with Crippen LogP contribution in [0, 0.1) is 0 Å². The van der Waals surface area contributed by atoms with Crippen molar-refractivity contribution in [2.45, 2.75) is 32.9 Å². The summed E-state index contributed by atoms with van der Waals surface area (Å²) < 4.78 is 18.5. The van der Waals surface area contributed by atoms with Gasteiger partial charge in [0.1, 0.15) is 17.5 Å². The van der Waals surface area contributed by atoms with Crippen molar-refractivity contribution < 1.29 is 19.0 Å². The number of allylic oxidation sites excluding steroid dienone is 1. The van der Waals surface area contributed by atoms with Crippen molar-refractivity contribution in [2.75, 3.05) is 14.2 Å². The summed E-state index contributed by atoms with van der Waals surface area (Å²) >= 11 is 7.55. The summed E-state index contributed by atoms with van der Waals surface area (Å²) in [7, 11) is 2.82. The number of thiazole rings is 1. The summed E-state index contributed by atoms with van der Waals surface area (Å²) in [4.78, 5) is 31.7. The van der Waals surface area contributed by atoms with Gasteiger partial charge >= 0.3 is 5.97 Å². The van der Waals surface area contributed by atoms with E-state index in [4.69, 9.17) is 25.8 Å². The Hall–Kier alpha value is -3.36. The van der Waals surface area contributed by atoms with E-state index >= 15 is 0 Å². The summed E-state index contributed by atoms with van der Waals surface area (Å²) in [5.41, 5.74) is 1.74. The average Bonchev–Trinajstić information content (AvgIpc) is 3.13. The summed E-state index contributed by atoms with van der Waals surface area (Å²) in [5.74, 6) is 0.580. The van der Waals surface area contributed by atoms with Gasteiger partial charge in [0, 0.05) is 16.1 Å². The van der Waals surface area contributed by atoms with Gasteiger partial charge in [-0.3, -0.25) is 9.36 Å². The van der Waals surface area contributed by atoms with Gasteiger partial charge in [-0.2, -0.15) is 0 Å². The number of benzene rings is 2. The first-order valence-electron chi connectivity index (χ1n) is 10.9. The molecule has 2 heterocycles. The lowest BCUT2D eigenvalue weighted by Gasteiger charge is -2.25. The van der Waals surface area contributed by atoms with Crippen LogP contribution in [0.25, 0.3) is 6.08 Å². The Morgan fingerprint density at radius 1 is 1.17 bits per heavy atom. The Morgan fingerprint density at radius 2 is 1.91 bits per heavy atom. The molecule has 0 spiro atoms. The number of carbonyl (C=O) groups excluding carboxylic acids is 1. The summed E-state index contributed by atoms with van der Waals surface area (Å²) in [5, 5.41) is 0.446. The zero-order valence-corrected chi connectivity index (χ0v) is 21.6. The third-order valence-electron chi connectivity index (χ3n) is 5.48. The molecule has 0 radical (unpaired) electrons. The van der Waals surface area contributed by atoms with Gasteiger partial charge in [-0.25, -0.2) is 9.79 Å². The van der Waals surface area contributed by atoms with Gasteiger partial charge in [0.05, 0.1) is 36.1 Å². The van der Waals surface area contributed by atoms with Crippen molar-refractivity contribution >= 4 is 35.0 Å². The fraction of sp³-hybridized carbons (Fsp3) is 0.269. The molecule has 0 saturated heterocycles. The SMILES string of the molecule is COC(=O)C1=C(C)N=c2s/c(=C\c3ccccc3OC(C)C)c(=O)n2[C@@H]1c1cc(Cl)ccc1OC. The van der Waals surface area contributed by atoms with E-state index in [1.165, 1.54) is 30.1 Å². The monoisotopic (exact) mass is 512 g/mol. The quantitative estimate of drug-likeness (QED) is 0.469. The number of methoxy groups -OCH3 is 2. The summed E-state index contributed by atoms with van der Waals surface area (Å²) in [6.07, 6.45) is 1.76. The number of nitrogens with zero attached hydrogens (tertiary/aromatic N) is 2. The van der Waals surface area contributed by atoms with Crippen LogP contribution in [-0.2, 0) is 9.53 Å². The second-order valence-corrected chi connectivity index (χ2v) is 9.61. The standard InChI is InChI=1S/C26H25ClN2O5S/c1-14(2)34-19-9-7-6-8-16(19)12-21-24(30)29-23(18-13-17(27)10-11-20(18)32-4)22(25(31)33-5)15(3)28-26(29)35-21/h6-14,23H,1-5H3/b21-12-/t23-/m1/s1. The predicted molar refractivity (Wildman–Crippen MR) is 136 cm³/mol. The number of fused-ring (bicyclic) bond motifs is 1. The molecular formula is C26H25ClN2O5S. The second kappa shape index (κ2) is 10.1. The number of halogens is 1. The minimum Gasteiger partial charge on any atom is -0.496 e. The smallest absolute Gasteiger partial charge is 0.338 e. The number of ether oxygens (including phenoxy) is 3. The molecule has 9 heteroatoms. The minimum atomic E-state index is -0.823. The van der Waals surface area contributed by atoms with Crippen molar-refractivity contribution in [3.63, 3.8) is 0 Å². The third kappa shape index (κ3) is 4.76. The van der Waals surface area contributed by atoms with Crippen molar-refractivity contribution in [1.82, 2.24) is 4.57 Å². The molecule has 1 aliphatic heterocycles. The van der Waals surface area contributed by atoms with E-state index in [1.54, 1.807) is 31.2 Å². The fourth-order valence-corrected chi connectivity index (χ4v) is 5.23. The Labute approximate surface area is 211 Å². The van der Waals surface area contributed by atoms with Crippen molar-refractivity contribution in [2.24, 2.45) is 4.99 Å². The highest BCUT2D eigenvalue weighted by molar-refractivity contribution is 7.07. The maximum Gasteiger partial charge on any atom is 0.338 e. The second-order valence-electron chi connectivity index (χ2n) is 8.16. The first-order valence-corrected chi connectivity index (χ1v) is 12.1. The molecule has 0 fully saturated rings. The lowest BCUT2D eigenvalue weighted by Crippen LogP contribution is -2.40. The van der Waals surface area contributed by atoms with Crippen LogP contribution in [-0.4, -0.2) is 30.9 Å². The molecule has 1 aromatic heterocycles. The van der Waals surface area contributed by atoms with Gasteiger partial charge in [0.2, 0.25) is 0 Å². The molecule has 0 amide bonds. The number of rotatable bonds is 6. The van der Waals surface area contributed by atoms with Crippen LogP contribution in [0.2, 0.25) is 5.02 Å². The van der Waals surface area contributed by atoms with E-state index in [0.717, 1.165) is 5.56 Å². The van der Waals surface area contributed by atoms with E-state index in [9.17, 15) is 9.59 Å². The van der Waals surface area contributed by atoms with Crippen LogP contribution in [0.5, 0.6) is 11.5 Å². The van der Waals surface area contributed by atoms with Gasteiger partial charge in [-0.05, 0) is 51.1 Å². The maximum atomic E-state index is 13.8. The number of esters is 1. The van der Waals surface area contributed by atoms with Crippen LogP contribution >= 0.6 is 22.9 Å². The highest BCUT2D eigenvalue weighted by Gasteiger charge is 2.35. The van der Waals surface area contributed by atoms with E-state index in [1.807, 2.05) is 38.1 Å². The number of hydrogen-bond acceptors (Lipinski definition) is 7. The molecule has 1 atom stereocenters. The first-order chi connectivity index (χ1) is 16.7. The molecule has 0 bridgehead atoms. The van der Waals surface area contributed by atoms with E-state index in [2.05, 4.69) is 4.99 Å². The highest BCUT2D eigenvalue weighted by atomic mass is 35.5. The molecule has 0 aliphatic carbocycles. The molecule has 3 aromatic rings. The predicted octanol–water partition coefficient (Wildman–Crippen LogP) is 3.86. The number of para-hydroxylation sites is 1. The number of aromatic nitrogens is 1. The van der Waals surface area contributed by atoms with E-state index in [-0.39, 0.29) is 17.2 Å². The van der Waals surface area contributed by atoms with Crippen LogP contribution in [0.4, 0.5) is 0 Å². The molecule has 182 valence electrons. The summed E-state index contributed by atoms with van der Waals surface area (Å²) in [6.45, 7) is 5.61. The number of carbonyl (C=O) groups is 1. The maximum absolute atomic E-state index is 13.8. The lowest BCUT2D eigenvalue weighted by molar-refractivity contribution is -0.136. The Bertz CT molecular complexity index is 1500.